The van der Waals surface area contributed by atoms with E-state index >= 15 is 0 Å². The molecule has 0 radical (unpaired) electrons. The molecule has 0 amide bonds. The van der Waals surface area contributed by atoms with Crippen molar-refractivity contribution in [1.82, 2.24) is 5.32 Å². The molecule has 1 aromatic carbocycles. The van der Waals surface area contributed by atoms with Crippen LogP contribution in [-0.2, 0) is 0 Å². The first-order chi connectivity index (χ1) is 9.45. The second-order valence-corrected chi connectivity index (χ2v) is 5.16. The fourth-order valence-corrected chi connectivity index (χ4v) is 2.15. The molecular weight excluding hydrogens is 274 g/mol. The topological polar surface area (TPSA) is 89.0 Å². The maximum absolute atomic E-state index is 8.09. The summed E-state index contributed by atoms with van der Waals surface area (Å²) in [6.07, 6.45) is 3.14. The highest BCUT2D eigenvalue weighted by Crippen LogP contribution is 2.22. The Bertz CT molecular complexity index is 457. The van der Waals surface area contributed by atoms with Gasteiger partial charge in [-0.25, -0.2) is 0 Å². The fourth-order valence-electron chi connectivity index (χ4n) is 2.02. The van der Waals surface area contributed by atoms with Crippen LogP contribution >= 0.6 is 11.6 Å². The van der Waals surface area contributed by atoms with Crippen LogP contribution in [0.2, 0.25) is 5.02 Å². The van der Waals surface area contributed by atoms with Crippen LogP contribution in [-0.4, -0.2) is 18.0 Å². The SMILES string of the molecule is CCCCC(C)N(C(=N)NC(=N)N)c1ccc(Cl)cc1. The molecule has 20 heavy (non-hydrogen) atoms. The van der Waals surface area contributed by atoms with Gasteiger partial charge in [0, 0.05) is 16.8 Å². The zero-order chi connectivity index (χ0) is 15.1. The van der Waals surface area contributed by atoms with Gasteiger partial charge in [-0.05, 0) is 37.6 Å². The summed E-state index contributed by atoms with van der Waals surface area (Å²) in [4.78, 5) is 1.83. The van der Waals surface area contributed by atoms with E-state index in [-0.39, 0.29) is 18.0 Å². The Hall–Kier alpha value is -1.75. The minimum absolute atomic E-state index is 0.100. The van der Waals surface area contributed by atoms with Gasteiger partial charge in [0.05, 0.1) is 0 Å². The largest absolute Gasteiger partial charge is 0.370 e. The Kier molecular flexibility index (Phi) is 6.31. The molecular formula is C14H22ClN5. The summed E-state index contributed by atoms with van der Waals surface area (Å²) in [5, 5.41) is 18.6. The van der Waals surface area contributed by atoms with E-state index in [9.17, 15) is 0 Å². The minimum atomic E-state index is -0.239. The summed E-state index contributed by atoms with van der Waals surface area (Å²) < 4.78 is 0. The zero-order valence-corrected chi connectivity index (χ0v) is 12.7. The molecule has 0 saturated carbocycles. The monoisotopic (exact) mass is 295 g/mol. The molecule has 1 aromatic rings. The van der Waals surface area contributed by atoms with E-state index in [1.807, 2.05) is 17.0 Å². The van der Waals surface area contributed by atoms with Crippen molar-refractivity contribution in [3.8, 4) is 0 Å². The van der Waals surface area contributed by atoms with E-state index < -0.39 is 0 Å². The lowest BCUT2D eigenvalue weighted by Gasteiger charge is -2.31. The summed E-state index contributed by atoms with van der Waals surface area (Å²) in [6.45, 7) is 4.19. The average Bonchev–Trinajstić information content (AvgIpc) is 2.38. The molecule has 5 N–H and O–H groups in total. The molecule has 0 saturated heterocycles. The van der Waals surface area contributed by atoms with E-state index in [1.165, 1.54) is 0 Å². The van der Waals surface area contributed by atoms with Crippen molar-refractivity contribution in [1.29, 1.82) is 10.8 Å². The third-order valence-electron chi connectivity index (χ3n) is 3.01. The van der Waals surface area contributed by atoms with Crippen molar-refractivity contribution in [3.63, 3.8) is 0 Å². The first-order valence-electron chi connectivity index (χ1n) is 6.70. The van der Waals surface area contributed by atoms with Crippen molar-refractivity contribution in [2.75, 3.05) is 4.90 Å². The lowest BCUT2D eigenvalue weighted by molar-refractivity contribution is 0.605. The number of hydrogen-bond acceptors (Lipinski definition) is 2. The molecule has 0 aliphatic carbocycles. The van der Waals surface area contributed by atoms with Gasteiger partial charge in [-0.3, -0.25) is 16.1 Å². The highest BCUT2D eigenvalue weighted by atomic mass is 35.5. The van der Waals surface area contributed by atoms with Crippen LogP contribution in [0, 0.1) is 10.8 Å². The number of rotatable bonds is 5. The quantitative estimate of drug-likeness (QED) is 0.497. The van der Waals surface area contributed by atoms with E-state index in [1.54, 1.807) is 12.1 Å². The molecule has 1 unspecified atom stereocenters. The second-order valence-electron chi connectivity index (χ2n) is 4.72. The Labute approximate surface area is 125 Å². The van der Waals surface area contributed by atoms with Crippen LogP contribution in [0.5, 0.6) is 0 Å². The van der Waals surface area contributed by atoms with Gasteiger partial charge in [0.25, 0.3) is 0 Å². The minimum Gasteiger partial charge on any atom is -0.370 e. The number of nitrogens with two attached hydrogens (primary N) is 1. The van der Waals surface area contributed by atoms with E-state index in [4.69, 9.17) is 28.2 Å². The number of benzene rings is 1. The lowest BCUT2D eigenvalue weighted by Crippen LogP contribution is -2.49. The van der Waals surface area contributed by atoms with Crippen LogP contribution in [0.15, 0.2) is 24.3 Å². The summed E-state index contributed by atoms with van der Waals surface area (Å²) in [5.41, 5.74) is 6.18. The van der Waals surface area contributed by atoms with E-state index in [2.05, 4.69) is 19.2 Å². The highest BCUT2D eigenvalue weighted by Gasteiger charge is 2.19. The van der Waals surface area contributed by atoms with Crippen molar-refractivity contribution in [2.45, 2.75) is 39.2 Å². The maximum atomic E-state index is 8.09. The van der Waals surface area contributed by atoms with Crippen LogP contribution in [0.25, 0.3) is 0 Å². The molecule has 0 heterocycles. The summed E-state index contributed by atoms with van der Waals surface area (Å²) >= 11 is 5.90. The average molecular weight is 296 g/mol. The molecule has 5 nitrogen and oxygen atoms in total. The van der Waals surface area contributed by atoms with Crippen molar-refractivity contribution in [3.05, 3.63) is 29.3 Å². The molecule has 0 aliphatic heterocycles. The van der Waals surface area contributed by atoms with Gasteiger partial charge in [-0.15, -0.1) is 0 Å². The van der Waals surface area contributed by atoms with Crippen molar-refractivity contribution in [2.24, 2.45) is 5.73 Å². The van der Waals surface area contributed by atoms with Gasteiger partial charge < -0.3 is 10.6 Å². The first-order valence-corrected chi connectivity index (χ1v) is 7.08. The number of hydrogen-bond donors (Lipinski definition) is 4. The van der Waals surface area contributed by atoms with Crippen LogP contribution in [0.4, 0.5) is 5.69 Å². The van der Waals surface area contributed by atoms with Crippen LogP contribution in [0.1, 0.15) is 33.1 Å². The van der Waals surface area contributed by atoms with Crippen molar-refractivity contribution < 1.29 is 0 Å². The number of unbranched alkanes of at least 4 members (excludes halogenated alkanes) is 1. The predicted octanol–water partition coefficient (Wildman–Crippen LogP) is 3.14. The van der Waals surface area contributed by atoms with Gasteiger partial charge in [0.15, 0.2) is 5.96 Å². The summed E-state index contributed by atoms with van der Waals surface area (Å²) in [5.74, 6) is -0.139. The molecule has 110 valence electrons. The molecule has 1 atom stereocenters. The zero-order valence-electron chi connectivity index (χ0n) is 11.9. The Morgan fingerprint density at radius 1 is 1.35 bits per heavy atom. The molecule has 1 rings (SSSR count). The maximum Gasteiger partial charge on any atom is 0.202 e. The molecule has 0 aromatic heterocycles. The summed E-state index contributed by atoms with van der Waals surface area (Å²) in [7, 11) is 0. The molecule has 0 bridgehead atoms. The lowest BCUT2D eigenvalue weighted by atomic mass is 10.1. The number of halogens is 1. The first kappa shape index (κ1) is 16.3. The van der Waals surface area contributed by atoms with Crippen LogP contribution in [0.3, 0.4) is 0 Å². The van der Waals surface area contributed by atoms with Crippen molar-refractivity contribution >= 4 is 29.2 Å². The Balaban J connectivity index is 2.96. The number of nitrogens with zero attached hydrogens (tertiary/aromatic N) is 1. The van der Waals surface area contributed by atoms with E-state index in [0.29, 0.717) is 5.02 Å². The molecule has 0 spiro atoms. The molecule has 0 aliphatic rings. The summed E-state index contributed by atoms with van der Waals surface area (Å²) in [6, 6.07) is 7.44. The second kappa shape index (κ2) is 7.75. The molecule has 6 heteroatoms. The third kappa shape index (κ3) is 4.74. The van der Waals surface area contributed by atoms with Gasteiger partial charge in [-0.1, -0.05) is 31.4 Å². The van der Waals surface area contributed by atoms with Gasteiger partial charge in [0.1, 0.15) is 0 Å². The van der Waals surface area contributed by atoms with E-state index in [0.717, 1.165) is 24.9 Å². The smallest absolute Gasteiger partial charge is 0.202 e. The normalized spacial score (nSPS) is 11.8. The molecule has 0 fully saturated rings. The Morgan fingerprint density at radius 2 is 1.95 bits per heavy atom. The number of anilines is 1. The van der Waals surface area contributed by atoms with Gasteiger partial charge in [-0.2, -0.15) is 0 Å². The predicted molar refractivity (Wildman–Crippen MR) is 85.7 cm³/mol. The van der Waals surface area contributed by atoms with Gasteiger partial charge >= 0.3 is 0 Å². The van der Waals surface area contributed by atoms with Crippen LogP contribution < -0.4 is 16.0 Å². The highest BCUT2D eigenvalue weighted by molar-refractivity contribution is 6.30. The standard InChI is InChI=1S/C14H22ClN5/c1-3-4-5-10(2)20(14(18)19-13(16)17)12-8-6-11(15)7-9-12/h6-10H,3-5H2,1-2H3,(H5,16,17,18,19). The van der Waals surface area contributed by atoms with Gasteiger partial charge in [0.2, 0.25) is 5.96 Å². The Morgan fingerprint density at radius 3 is 2.45 bits per heavy atom. The number of nitrogens with one attached hydrogen (secondary N) is 3. The third-order valence-corrected chi connectivity index (χ3v) is 3.27. The number of guanidine groups is 2. The fraction of sp³-hybridized carbons (Fsp3) is 0.429.